The third kappa shape index (κ3) is 1.75. The van der Waals surface area contributed by atoms with E-state index in [1.165, 1.54) is 13.2 Å². The number of methoxy groups -OCH3 is 1. The minimum atomic E-state index is -0.807. The number of ether oxygens (including phenoxy) is 1. The fourth-order valence-electron chi connectivity index (χ4n) is 2.38. The lowest BCUT2D eigenvalue weighted by Crippen LogP contribution is -2.44. The van der Waals surface area contributed by atoms with Gasteiger partial charge in [0.25, 0.3) is 5.56 Å². The number of fused-ring (bicyclic) bond motifs is 1. The van der Waals surface area contributed by atoms with Crippen LogP contribution >= 0.6 is 0 Å². The first-order valence-electron chi connectivity index (χ1n) is 5.66. The van der Waals surface area contributed by atoms with E-state index in [1.807, 2.05) is 0 Å². The van der Waals surface area contributed by atoms with Crippen molar-refractivity contribution in [1.82, 2.24) is 9.55 Å². The molecule has 2 rings (SSSR count). The highest BCUT2D eigenvalue weighted by atomic mass is 16.5. The fraction of sp³-hybridized carbons (Fsp3) is 0.583. The first-order chi connectivity index (χ1) is 7.99. The fourth-order valence-corrected chi connectivity index (χ4v) is 2.38. The monoisotopic (exact) mass is 236 g/mol. The van der Waals surface area contributed by atoms with E-state index in [4.69, 9.17) is 4.74 Å². The second kappa shape index (κ2) is 3.98. The van der Waals surface area contributed by atoms with Crippen LogP contribution in [0, 0.1) is 6.92 Å². The van der Waals surface area contributed by atoms with Crippen molar-refractivity contribution in [1.29, 1.82) is 0 Å². The first kappa shape index (κ1) is 11.8. The van der Waals surface area contributed by atoms with Gasteiger partial charge in [-0.25, -0.2) is 4.98 Å². The highest BCUT2D eigenvalue weighted by Crippen LogP contribution is 2.32. The summed E-state index contributed by atoms with van der Waals surface area (Å²) in [6.07, 6.45) is 1.44. The molecule has 0 radical (unpaired) electrons. The number of hydrogen-bond acceptors (Lipinski definition) is 4. The van der Waals surface area contributed by atoms with Gasteiger partial charge in [-0.05, 0) is 26.7 Å². The van der Waals surface area contributed by atoms with Crippen LogP contribution in [0.5, 0.6) is 0 Å². The first-order valence-corrected chi connectivity index (χ1v) is 5.66. The molecule has 1 aromatic heterocycles. The maximum Gasteiger partial charge on any atom is 0.319 e. The van der Waals surface area contributed by atoms with E-state index in [9.17, 15) is 9.59 Å². The number of nitrogens with zero attached hydrogens (tertiary/aromatic N) is 2. The summed E-state index contributed by atoms with van der Waals surface area (Å²) in [5.41, 5.74) is -0.265. The molecule has 0 fully saturated rings. The zero-order chi connectivity index (χ0) is 12.6. The van der Waals surface area contributed by atoms with Crippen LogP contribution in [0.4, 0.5) is 0 Å². The van der Waals surface area contributed by atoms with Crippen molar-refractivity contribution in [2.24, 2.45) is 0 Å². The Kier molecular flexibility index (Phi) is 2.77. The molecule has 0 spiro atoms. The minimum absolute atomic E-state index is 0.0951. The molecule has 92 valence electrons. The average molecular weight is 236 g/mol. The van der Waals surface area contributed by atoms with Gasteiger partial charge in [-0.3, -0.25) is 14.2 Å². The molecule has 17 heavy (non-hydrogen) atoms. The molecule has 0 aliphatic carbocycles. The third-order valence-corrected chi connectivity index (χ3v) is 3.32. The van der Waals surface area contributed by atoms with Crippen LogP contribution in [0.1, 0.15) is 31.3 Å². The largest absolute Gasteiger partial charge is 0.468 e. The van der Waals surface area contributed by atoms with Crippen LogP contribution < -0.4 is 5.56 Å². The Labute approximate surface area is 99.4 Å². The Hall–Kier alpha value is -1.65. The van der Waals surface area contributed by atoms with Crippen molar-refractivity contribution >= 4 is 5.97 Å². The van der Waals surface area contributed by atoms with Crippen molar-refractivity contribution in [2.45, 2.75) is 38.6 Å². The summed E-state index contributed by atoms with van der Waals surface area (Å²) in [4.78, 5) is 28.1. The second-order valence-electron chi connectivity index (χ2n) is 4.64. The molecule has 1 atom stereocenters. The number of aromatic nitrogens is 2. The van der Waals surface area contributed by atoms with Crippen molar-refractivity contribution in [3.05, 3.63) is 27.9 Å². The van der Waals surface area contributed by atoms with Crippen LogP contribution in [0.15, 0.2) is 10.9 Å². The lowest BCUT2D eigenvalue weighted by molar-refractivity contribution is -0.148. The van der Waals surface area contributed by atoms with Gasteiger partial charge < -0.3 is 4.74 Å². The molecule has 1 aliphatic heterocycles. The van der Waals surface area contributed by atoms with Crippen LogP contribution in [0.25, 0.3) is 0 Å². The molecule has 0 bridgehead atoms. The summed E-state index contributed by atoms with van der Waals surface area (Å²) in [5.74, 6) is 0.198. The van der Waals surface area contributed by atoms with Gasteiger partial charge in [0.15, 0.2) is 0 Å². The highest BCUT2D eigenvalue weighted by molar-refractivity contribution is 5.81. The molecule has 0 amide bonds. The number of hydrogen-bond donors (Lipinski definition) is 0. The second-order valence-corrected chi connectivity index (χ2v) is 4.64. The number of carbonyl (C=O) groups excluding carboxylic acids is 1. The molecular formula is C12H16N2O3. The number of rotatable bonds is 1. The lowest BCUT2D eigenvalue weighted by Gasteiger charge is -2.32. The van der Waals surface area contributed by atoms with Crippen LogP contribution in [0.3, 0.4) is 0 Å². The summed E-state index contributed by atoms with van der Waals surface area (Å²) in [6.45, 7) is 4.16. The summed E-state index contributed by atoms with van der Waals surface area (Å²) in [5, 5.41) is 0. The normalized spacial score (nSPS) is 23.0. The zero-order valence-corrected chi connectivity index (χ0v) is 10.3. The summed E-state index contributed by atoms with van der Waals surface area (Å²) in [6, 6.07) is 1.49. The van der Waals surface area contributed by atoms with E-state index in [1.54, 1.807) is 18.4 Å². The predicted molar refractivity (Wildman–Crippen MR) is 61.8 cm³/mol. The van der Waals surface area contributed by atoms with Crippen molar-refractivity contribution < 1.29 is 9.53 Å². The predicted octanol–water partition coefficient (Wildman–Crippen LogP) is 0.776. The van der Waals surface area contributed by atoms with Crippen molar-refractivity contribution in [3.63, 3.8) is 0 Å². The Bertz CT molecular complexity index is 521. The Morgan fingerprint density at radius 2 is 2.29 bits per heavy atom. The van der Waals surface area contributed by atoms with E-state index >= 15 is 0 Å². The van der Waals surface area contributed by atoms with Crippen molar-refractivity contribution in [2.75, 3.05) is 7.11 Å². The molecule has 5 nitrogen and oxygen atoms in total. The van der Waals surface area contributed by atoms with E-state index in [-0.39, 0.29) is 11.5 Å². The van der Waals surface area contributed by atoms with Gasteiger partial charge in [0.2, 0.25) is 0 Å². The summed E-state index contributed by atoms with van der Waals surface area (Å²) >= 11 is 0. The highest BCUT2D eigenvalue weighted by Gasteiger charge is 2.42. The van der Waals surface area contributed by atoms with Crippen molar-refractivity contribution in [3.8, 4) is 0 Å². The molecule has 0 saturated heterocycles. The van der Waals surface area contributed by atoms with Gasteiger partial charge in [-0.1, -0.05) is 0 Å². The molecular weight excluding hydrogens is 220 g/mol. The third-order valence-electron chi connectivity index (χ3n) is 3.32. The molecule has 1 aromatic rings. The van der Waals surface area contributed by atoms with Gasteiger partial charge in [0.05, 0.1) is 7.11 Å². The van der Waals surface area contributed by atoms with E-state index in [2.05, 4.69) is 4.98 Å². The molecule has 1 aliphatic rings. The number of esters is 1. The summed E-state index contributed by atoms with van der Waals surface area (Å²) < 4.78 is 6.41. The molecule has 0 saturated carbocycles. The van der Waals surface area contributed by atoms with Gasteiger partial charge in [-0.15, -0.1) is 0 Å². The Morgan fingerprint density at radius 1 is 1.59 bits per heavy atom. The van der Waals surface area contributed by atoms with Gasteiger partial charge in [0, 0.05) is 18.3 Å². The van der Waals surface area contributed by atoms with Crippen LogP contribution in [0.2, 0.25) is 0 Å². The minimum Gasteiger partial charge on any atom is -0.468 e. The van der Waals surface area contributed by atoms with E-state index < -0.39 is 5.41 Å². The van der Waals surface area contributed by atoms with Crippen LogP contribution in [-0.4, -0.2) is 22.6 Å². The van der Waals surface area contributed by atoms with Crippen LogP contribution in [-0.2, 0) is 21.5 Å². The quantitative estimate of drug-likeness (QED) is 0.676. The van der Waals surface area contributed by atoms with E-state index in [0.29, 0.717) is 24.5 Å². The molecule has 0 aromatic carbocycles. The lowest BCUT2D eigenvalue weighted by atomic mass is 9.82. The smallest absolute Gasteiger partial charge is 0.319 e. The maximum absolute atomic E-state index is 11.9. The van der Waals surface area contributed by atoms with Gasteiger partial charge >= 0.3 is 5.97 Å². The maximum atomic E-state index is 11.9. The number of carbonyl (C=O) groups is 1. The molecule has 1 unspecified atom stereocenters. The molecule has 0 N–H and O–H groups in total. The van der Waals surface area contributed by atoms with Gasteiger partial charge in [0.1, 0.15) is 11.2 Å². The van der Waals surface area contributed by atoms with E-state index in [0.717, 1.165) is 6.42 Å². The molecule has 5 heteroatoms. The standard InChI is InChI=1S/C12H16N2O3/c1-8-7-9(15)14-6-4-5-12(2,10(14)13-8)11(16)17-3/h7H,4-6H2,1-3H3. The topological polar surface area (TPSA) is 61.2 Å². The average Bonchev–Trinajstić information content (AvgIpc) is 2.29. The van der Waals surface area contributed by atoms with Gasteiger partial charge in [-0.2, -0.15) is 0 Å². The zero-order valence-electron chi connectivity index (χ0n) is 10.3. The Morgan fingerprint density at radius 3 is 2.94 bits per heavy atom. The number of aryl methyl sites for hydroxylation is 1. The molecule has 2 heterocycles. The Balaban J connectivity index is 2.66. The SMILES string of the molecule is COC(=O)C1(C)CCCn2c1nc(C)cc2=O. The summed E-state index contributed by atoms with van der Waals surface area (Å²) in [7, 11) is 1.36.